The van der Waals surface area contributed by atoms with E-state index in [1.165, 1.54) is 24.4 Å². The number of anilines is 1. The Kier molecular flexibility index (Phi) is 5.54. The number of nitro groups is 1. The average Bonchev–Trinajstić information content (AvgIpc) is 3.08. The molecule has 1 heterocycles. The molecule has 10 heteroatoms. The molecule has 3 rings (SSSR count). The van der Waals surface area contributed by atoms with Crippen molar-refractivity contribution < 1.29 is 19.2 Å². The number of nitro benzene ring substituents is 1. The van der Waals surface area contributed by atoms with Gasteiger partial charge in [-0.2, -0.15) is 5.10 Å². The van der Waals surface area contributed by atoms with Gasteiger partial charge in [0.1, 0.15) is 22.9 Å². The lowest BCUT2D eigenvalue weighted by Gasteiger charge is -2.10. The van der Waals surface area contributed by atoms with Crippen molar-refractivity contribution in [2.24, 2.45) is 0 Å². The first-order valence-corrected chi connectivity index (χ1v) is 8.66. The second kappa shape index (κ2) is 8.03. The Balaban J connectivity index is 1.86. The number of methoxy groups -OCH3 is 1. The lowest BCUT2D eigenvalue weighted by Crippen LogP contribution is -2.14. The van der Waals surface area contributed by atoms with E-state index < -0.39 is 10.8 Å². The lowest BCUT2D eigenvalue weighted by molar-refractivity contribution is -0.384. The molecule has 0 saturated heterocycles. The van der Waals surface area contributed by atoms with E-state index in [-0.39, 0.29) is 22.8 Å². The lowest BCUT2D eigenvalue weighted by atomic mass is 10.2. The van der Waals surface area contributed by atoms with Crippen molar-refractivity contribution in [2.75, 3.05) is 12.4 Å². The summed E-state index contributed by atoms with van der Waals surface area (Å²) in [6, 6.07) is 10.8. The summed E-state index contributed by atoms with van der Waals surface area (Å²) >= 11 is 1.96. The normalized spacial score (nSPS) is 10.3. The van der Waals surface area contributed by atoms with Crippen LogP contribution in [0.15, 0.2) is 48.7 Å². The van der Waals surface area contributed by atoms with Crippen molar-refractivity contribution in [1.82, 2.24) is 10.2 Å². The van der Waals surface area contributed by atoms with E-state index in [0.717, 1.165) is 0 Å². The molecule has 2 N–H and O–H groups in total. The Morgan fingerprint density at radius 2 is 1.89 bits per heavy atom. The summed E-state index contributed by atoms with van der Waals surface area (Å²) in [6.07, 6.45) is 1.50. The summed E-state index contributed by atoms with van der Waals surface area (Å²) in [5.41, 5.74) is 0.276. The number of carbonyl (C=O) groups excluding carboxylic acids is 1. The predicted octanol–water partition coefficient (Wildman–Crippen LogP) is 3.98. The third kappa shape index (κ3) is 4.53. The van der Waals surface area contributed by atoms with Crippen LogP contribution in [-0.4, -0.2) is 28.1 Å². The molecule has 1 aromatic heterocycles. The Bertz CT molecular complexity index is 987. The predicted molar refractivity (Wildman–Crippen MR) is 105 cm³/mol. The van der Waals surface area contributed by atoms with Crippen LogP contribution in [0.1, 0.15) is 10.5 Å². The molecule has 0 spiro atoms. The highest BCUT2D eigenvalue weighted by atomic mass is 127. The summed E-state index contributed by atoms with van der Waals surface area (Å²) in [5, 5.41) is 20.2. The molecule has 3 aromatic rings. The minimum absolute atomic E-state index is 0.212. The van der Waals surface area contributed by atoms with Gasteiger partial charge in [-0.15, -0.1) is 0 Å². The van der Waals surface area contributed by atoms with Crippen LogP contribution in [0.5, 0.6) is 17.2 Å². The molecule has 0 aliphatic heterocycles. The molecule has 0 bridgehead atoms. The smallest absolute Gasteiger partial charge is 0.275 e. The fourth-order valence-electron chi connectivity index (χ4n) is 2.22. The standard InChI is InChI=1S/C17H13IN4O5/c1-26-12-2-4-13(5-3-12)27-14-7-10(6-11(8-14)22(24)25)20-17(23)16-15(18)9-19-21-16/h2-9H,1H3,(H,19,21)(H,20,23). The molecular weight excluding hydrogens is 467 g/mol. The molecule has 0 saturated carbocycles. The number of aromatic amines is 1. The number of hydrogen-bond acceptors (Lipinski definition) is 6. The number of carbonyl (C=O) groups is 1. The van der Waals surface area contributed by atoms with Crippen LogP contribution in [0.3, 0.4) is 0 Å². The largest absolute Gasteiger partial charge is 0.497 e. The van der Waals surface area contributed by atoms with E-state index >= 15 is 0 Å². The van der Waals surface area contributed by atoms with E-state index in [1.807, 2.05) is 22.6 Å². The molecular formula is C17H13IN4O5. The van der Waals surface area contributed by atoms with Gasteiger partial charge in [-0.05, 0) is 46.9 Å². The minimum atomic E-state index is -0.559. The van der Waals surface area contributed by atoms with Gasteiger partial charge in [0, 0.05) is 12.1 Å². The van der Waals surface area contributed by atoms with Crippen molar-refractivity contribution in [2.45, 2.75) is 0 Å². The van der Waals surface area contributed by atoms with Crippen LogP contribution in [0, 0.1) is 13.7 Å². The van der Waals surface area contributed by atoms with Crippen LogP contribution < -0.4 is 14.8 Å². The number of benzene rings is 2. The SMILES string of the molecule is COc1ccc(Oc2cc(NC(=O)c3[nH]ncc3I)cc([N+](=O)[O-])c2)cc1. The topological polar surface area (TPSA) is 119 Å². The number of rotatable bonds is 6. The number of aromatic nitrogens is 2. The maximum absolute atomic E-state index is 12.3. The van der Waals surface area contributed by atoms with Crippen molar-refractivity contribution in [1.29, 1.82) is 0 Å². The summed E-state index contributed by atoms with van der Waals surface area (Å²) in [4.78, 5) is 23.0. The van der Waals surface area contributed by atoms with Gasteiger partial charge in [0.2, 0.25) is 0 Å². The molecule has 27 heavy (non-hydrogen) atoms. The zero-order chi connectivity index (χ0) is 19.4. The molecule has 0 fully saturated rings. The quantitative estimate of drug-likeness (QED) is 0.313. The van der Waals surface area contributed by atoms with Gasteiger partial charge in [-0.25, -0.2) is 0 Å². The number of hydrogen-bond donors (Lipinski definition) is 2. The maximum atomic E-state index is 12.3. The molecule has 9 nitrogen and oxygen atoms in total. The first-order chi connectivity index (χ1) is 13.0. The number of non-ortho nitro benzene ring substituents is 1. The van der Waals surface area contributed by atoms with Crippen molar-refractivity contribution in [3.8, 4) is 17.2 Å². The number of nitrogens with one attached hydrogen (secondary N) is 2. The van der Waals surface area contributed by atoms with Crippen molar-refractivity contribution >= 4 is 39.9 Å². The number of H-pyrrole nitrogens is 1. The fraction of sp³-hybridized carbons (Fsp3) is 0.0588. The third-order valence-electron chi connectivity index (χ3n) is 3.48. The van der Waals surface area contributed by atoms with Crippen molar-refractivity contribution in [3.63, 3.8) is 0 Å². The van der Waals surface area contributed by atoms with Gasteiger partial charge >= 0.3 is 0 Å². The van der Waals surface area contributed by atoms with Crippen LogP contribution in [0.4, 0.5) is 11.4 Å². The first-order valence-electron chi connectivity index (χ1n) is 7.58. The van der Waals surface area contributed by atoms with Gasteiger partial charge in [-0.1, -0.05) is 0 Å². The highest BCUT2D eigenvalue weighted by molar-refractivity contribution is 14.1. The highest BCUT2D eigenvalue weighted by Gasteiger charge is 2.16. The van der Waals surface area contributed by atoms with E-state index in [1.54, 1.807) is 31.4 Å². The number of ether oxygens (including phenoxy) is 2. The zero-order valence-electron chi connectivity index (χ0n) is 13.9. The summed E-state index contributed by atoms with van der Waals surface area (Å²) < 4.78 is 11.4. The molecule has 0 aliphatic rings. The van der Waals surface area contributed by atoms with Gasteiger partial charge in [0.25, 0.3) is 11.6 Å². The van der Waals surface area contributed by atoms with E-state index in [4.69, 9.17) is 9.47 Å². The Hall–Kier alpha value is -3.15. The average molecular weight is 480 g/mol. The highest BCUT2D eigenvalue weighted by Crippen LogP contribution is 2.30. The second-order valence-electron chi connectivity index (χ2n) is 5.30. The Morgan fingerprint density at radius 3 is 2.48 bits per heavy atom. The molecule has 2 aromatic carbocycles. The molecule has 1 amide bonds. The minimum Gasteiger partial charge on any atom is -0.497 e. The van der Waals surface area contributed by atoms with Gasteiger partial charge < -0.3 is 14.8 Å². The molecule has 0 unspecified atom stereocenters. The Labute approximate surface area is 167 Å². The van der Waals surface area contributed by atoms with E-state index in [0.29, 0.717) is 15.1 Å². The van der Waals surface area contributed by atoms with Gasteiger partial charge in [0.05, 0.1) is 33.6 Å². The Morgan fingerprint density at radius 1 is 1.19 bits per heavy atom. The summed E-state index contributed by atoms with van der Waals surface area (Å²) in [6.45, 7) is 0. The molecule has 0 radical (unpaired) electrons. The molecule has 0 aliphatic carbocycles. The van der Waals surface area contributed by atoms with E-state index in [9.17, 15) is 14.9 Å². The van der Waals surface area contributed by atoms with Crippen LogP contribution in [-0.2, 0) is 0 Å². The van der Waals surface area contributed by atoms with Crippen molar-refractivity contribution in [3.05, 3.63) is 68.0 Å². The van der Waals surface area contributed by atoms with E-state index in [2.05, 4.69) is 15.5 Å². The summed E-state index contributed by atoms with van der Waals surface area (Å²) in [5.74, 6) is 0.872. The van der Waals surface area contributed by atoms with Crippen LogP contribution in [0.25, 0.3) is 0 Å². The van der Waals surface area contributed by atoms with Crippen LogP contribution in [0.2, 0.25) is 0 Å². The molecule has 0 atom stereocenters. The summed E-state index contributed by atoms with van der Waals surface area (Å²) in [7, 11) is 1.55. The molecule has 138 valence electrons. The number of halogens is 1. The van der Waals surface area contributed by atoms with Gasteiger partial charge in [0.15, 0.2) is 0 Å². The van der Waals surface area contributed by atoms with Gasteiger partial charge in [-0.3, -0.25) is 20.0 Å². The monoisotopic (exact) mass is 480 g/mol. The van der Waals surface area contributed by atoms with Crippen LogP contribution >= 0.6 is 22.6 Å². The number of amides is 1. The second-order valence-corrected chi connectivity index (χ2v) is 6.46. The fourth-order valence-corrected chi connectivity index (χ4v) is 2.73. The zero-order valence-corrected chi connectivity index (χ0v) is 16.1. The first kappa shape index (κ1) is 18.6. The maximum Gasteiger partial charge on any atom is 0.275 e. The third-order valence-corrected chi connectivity index (χ3v) is 4.29. The number of nitrogens with zero attached hydrogens (tertiary/aromatic N) is 2.